The van der Waals surface area contributed by atoms with Crippen molar-refractivity contribution in [3.63, 3.8) is 0 Å². The van der Waals surface area contributed by atoms with Gasteiger partial charge in [0.05, 0.1) is 16.5 Å². The number of hydrogen-bond donors (Lipinski definition) is 1. The number of anilines is 1. The summed E-state index contributed by atoms with van der Waals surface area (Å²) in [5.41, 5.74) is 2.16. The molecule has 1 N–H and O–H groups in total. The van der Waals surface area contributed by atoms with Crippen LogP contribution in [0.15, 0.2) is 88.9 Å². The smallest absolute Gasteiger partial charge is 0.269 e. The number of hydrogen-bond acceptors (Lipinski definition) is 7. The molecule has 43 heavy (non-hydrogen) atoms. The summed E-state index contributed by atoms with van der Waals surface area (Å²) in [5, 5.41) is 24.5. The third kappa shape index (κ3) is 8.49. The van der Waals surface area contributed by atoms with Gasteiger partial charge < -0.3 is 19.5 Å². The van der Waals surface area contributed by atoms with Gasteiger partial charge in [-0.15, -0.1) is 0 Å². The number of carbonyl (C=O) groups excluding carboxylic acids is 1. The van der Waals surface area contributed by atoms with Crippen LogP contribution in [0.25, 0.3) is 6.08 Å². The van der Waals surface area contributed by atoms with E-state index in [0.717, 1.165) is 5.56 Å². The van der Waals surface area contributed by atoms with Crippen molar-refractivity contribution in [2.24, 2.45) is 0 Å². The van der Waals surface area contributed by atoms with Gasteiger partial charge in [0.1, 0.15) is 30.6 Å². The number of amides is 1. The SMILES string of the molecule is COc1cc(/C=C(\C#N)C(=O)Nc2ccc(OCc3ccc(Cl)cc3Cl)cc2)cc(Br)c1OCc1cccc([N+](=O)[O-])c1. The molecule has 4 aromatic carbocycles. The Morgan fingerprint density at radius 1 is 1.05 bits per heavy atom. The Morgan fingerprint density at radius 2 is 1.81 bits per heavy atom. The lowest BCUT2D eigenvalue weighted by atomic mass is 10.1. The van der Waals surface area contributed by atoms with E-state index in [2.05, 4.69) is 21.2 Å². The molecule has 218 valence electrons. The monoisotopic (exact) mass is 681 g/mol. The average molecular weight is 683 g/mol. The van der Waals surface area contributed by atoms with Crippen LogP contribution in [0.1, 0.15) is 16.7 Å². The van der Waals surface area contributed by atoms with E-state index in [1.165, 1.54) is 25.3 Å². The number of nitro benzene ring substituents is 1. The molecule has 0 spiro atoms. The van der Waals surface area contributed by atoms with Gasteiger partial charge in [0.15, 0.2) is 11.5 Å². The van der Waals surface area contributed by atoms with Gasteiger partial charge in [0, 0.05) is 33.4 Å². The highest BCUT2D eigenvalue weighted by Crippen LogP contribution is 2.38. The van der Waals surface area contributed by atoms with Crippen LogP contribution in [-0.2, 0) is 18.0 Å². The Kier molecular flexibility index (Phi) is 10.6. The van der Waals surface area contributed by atoms with Crippen LogP contribution in [0, 0.1) is 21.4 Å². The quantitative estimate of drug-likeness (QED) is 0.0729. The van der Waals surface area contributed by atoms with Crippen molar-refractivity contribution >= 4 is 62.5 Å². The molecular formula is C31H22BrCl2N3O6. The van der Waals surface area contributed by atoms with E-state index in [9.17, 15) is 20.2 Å². The predicted octanol–water partition coefficient (Wildman–Crippen LogP) is 8.38. The molecular weight excluding hydrogens is 661 g/mol. The molecule has 0 aromatic heterocycles. The first-order chi connectivity index (χ1) is 20.7. The number of nitro groups is 1. The van der Waals surface area contributed by atoms with E-state index in [0.29, 0.717) is 48.6 Å². The first-order valence-electron chi connectivity index (χ1n) is 12.5. The van der Waals surface area contributed by atoms with Gasteiger partial charge in [0.25, 0.3) is 11.6 Å². The Hall–Kier alpha value is -4.56. The van der Waals surface area contributed by atoms with Crippen LogP contribution < -0.4 is 19.5 Å². The van der Waals surface area contributed by atoms with Crippen LogP contribution in [0.5, 0.6) is 17.2 Å². The number of nitrogens with zero attached hydrogens (tertiary/aromatic N) is 2. The van der Waals surface area contributed by atoms with Crippen molar-refractivity contribution in [2.75, 3.05) is 12.4 Å². The molecule has 4 rings (SSSR count). The predicted molar refractivity (Wildman–Crippen MR) is 168 cm³/mol. The van der Waals surface area contributed by atoms with E-state index in [4.69, 9.17) is 37.4 Å². The van der Waals surface area contributed by atoms with E-state index in [1.54, 1.807) is 66.7 Å². The topological polar surface area (TPSA) is 124 Å². The Balaban J connectivity index is 1.42. The molecule has 0 unspecified atom stereocenters. The van der Waals surface area contributed by atoms with E-state index < -0.39 is 10.8 Å². The third-order valence-electron chi connectivity index (χ3n) is 5.95. The highest BCUT2D eigenvalue weighted by atomic mass is 79.9. The molecule has 0 aliphatic carbocycles. The molecule has 1 amide bonds. The van der Waals surface area contributed by atoms with E-state index in [-0.39, 0.29) is 24.5 Å². The second-order valence-corrected chi connectivity index (χ2v) is 10.6. The molecule has 0 saturated heterocycles. The summed E-state index contributed by atoms with van der Waals surface area (Å²) in [6.07, 6.45) is 1.42. The second-order valence-electron chi connectivity index (χ2n) is 8.92. The fraction of sp³-hybridized carbons (Fsp3) is 0.0968. The highest BCUT2D eigenvalue weighted by molar-refractivity contribution is 9.10. The summed E-state index contributed by atoms with van der Waals surface area (Å²) in [6.45, 7) is 0.289. The fourth-order valence-electron chi connectivity index (χ4n) is 3.83. The molecule has 9 nitrogen and oxygen atoms in total. The Labute approximate surface area is 265 Å². The molecule has 0 aliphatic heterocycles. The van der Waals surface area contributed by atoms with Crippen molar-refractivity contribution in [3.05, 3.63) is 126 Å². The van der Waals surface area contributed by atoms with Crippen LogP contribution in [-0.4, -0.2) is 17.9 Å². The van der Waals surface area contributed by atoms with Crippen LogP contribution in [0.2, 0.25) is 10.0 Å². The Bertz CT molecular complexity index is 1740. The van der Waals surface area contributed by atoms with Crippen molar-refractivity contribution in [1.29, 1.82) is 5.26 Å². The number of ether oxygens (including phenoxy) is 3. The largest absolute Gasteiger partial charge is 0.493 e. The minimum Gasteiger partial charge on any atom is -0.493 e. The first kappa shape index (κ1) is 31.4. The zero-order valence-electron chi connectivity index (χ0n) is 22.5. The first-order valence-corrected chi connectivity index (χ1v) is 14.1. The van der Waals surface area contributed by atoms with E-state index >= 15 is 0 Å². The fourth-order valence-corrected chi connectivity index (χ4v) is 4.86. The maximum absolute atomic E-state index is 12.9. The minimum atomic E-state index is -0.606. The molecule has 0 bridgehead atoms. The molecule has 0 atom stereocenters. The second kappa shape index (κ2) is 14.6. The lowest BCUT2D eigenvalue weighted by Gasteiger charge is -2.14. The molecule has 4 aromatic rings. The zero-order chi connectivity index (χ0) is 30.9. The van der Waals surface area contributed by atoms with Crippen LogP contribution >= 0.6 is 39.1 Å². The summed E-state index contributed by atoms with van der Waals surface area (Å²) in [5.74, 6) is 0.643. The van der Waals surface area contributed by atoms with Crippen molar-refractivity contribution in [3.8, 4) is 23.3 Å². The molecule has 0 saturated carbocycles. The molecule has 0 aliphatic rings. The van der Waals surface area contributed by atoms with Crippen molar-refractivity contribution in [1.82, 2.24) is 0 Å². The number of halogens is 3. The number of rotatable bonds is 11. The van der Waals surface area contributed by atoms with Gasteiger partial charge in [-0.25, -0.2) is 0 Å². The van der Waals surface area contributed by atoms with Gasteiger partial charge in [-0.2, -0.15) is 5.26 Å². The number of nitriles is 1. The number of methoxy groups -OCH3 is 1. The number of benzene rings is 4. The summed E-state index contributed by atoms with van der Waals surface area (Å²) in [7, 11) is 1.45. The van der Waals surface area contributed by atoms with Gasteiger partial charge >= 0.3 is 0 Å². The zero-order valence-corrected chi connectivity index (χ0v) is 25.6. The lowest BCUT2D eigenvalue weighted by Crippen LogP contribution is -2.13. The summed E-state index contributed by atoms with van der Waals surface area (Å²) >= 11 is 15.6. The van der Waals surface area contributed by atoms with Gasteiger partial charge in [-0.3, -0.25) is 14.9 Å². The lowest BCUT2D eigenvalue weighted by molar-refractivity contribution is -0.384. The standard InChI is InChI=1S/C31H22BrCl2N3O6/c1-41-29-14-20(13-27(32)30(29)43-17-19-3-2-4-25(12-19)37(39)40)11-22(16-35)31(38)36-24-7-9-26(10-8-24)42-18-21-5-6-23(33)15-28(21)34/h2-15H,17-18H2,1H3,(H,36,38)/b22-11+. The Morgan fingerprint density at radius 3 is 2.49 bits per heavy atom. The maximum atomic E-state index is 12.9. The maximum Gasteiger partial charge on any atom is 0.269 e. The molecule has 0 heterocycles. The van der Waals surface area contributed by atoms with Crippen molar-refractivity contribution < 1.29 is 23.9 Å². The number of carbonyl (C=O) groups is 1. The minimum absolute atomic E-state index is 0.0429. The van der Waals surface area contributed by atoms with Crippen LogP contribution in [0.3, 0.4) is 0 Å². The number of nitrogens with one attached hydrogen (secondary N) is 1. The summed E-state index contributed by atoms with van der Waals surface area (Å²) in [4.78, 5) is 23.4. The highest BCUT2D eigenvalue weighted by Gasteiger charge is 2.15. The van der Waals surface area contributed by atoms with Gasteiger partial charge in [-0.05, 0) is 81.7 Å². The summed E-state index contributed by atoms with van der Waals surface area (Å²) < 4.78 is 17.6. The number of non-ortho nitro benzene ring substituents is 1. The third-order valence-corrected chi connectivity index (χ3v) is 7.13. The van der Waals surface area contributed by atoms with Crippen LogP contribution in [0.4, 0.5) is 11.4 Å². The summed E-state index contributed by atoms with van der Waals surface area (Å²) in [6, 6.07) is 23.1. The van der Waals surface area contributed by atoms with Gasteiger partial charge in [-0.1, -0.05) is 41.4 Å². The van der Waals surface area contributed by atoms with Gasteiger partial charge in [0.2, 0.25) is 0 Å². The molecule has 12 heteroatoms. The molecule has 0 fully saturated rings. The average Bonchev–Trinajstić information content (AvgIpc) is 2.99. The normalized spacial score (nSPS) is 10.9. The van der Waals surface area contributed by atoms with Crippen molar-refractivity contribution in [2.45, 2.75) is 13.2 Å². The molecule has 0 radical (unpaired) electrons. The van der Waals surface area contributed by atoms with E-state index in [1.807, 2.05) is 6.07 Å².